The van der Waals surface area contributed by atoms with Gasteiger partial charge in [-0.3, -0.25) is 5.01 Å². The van der Waals surface area contributed by atoms with Crippen LogP contribution < -0.4 is 0 Å². The molecule has 0 saturated heterocycles. The first-order valence-electron chi connectivity index (χ1n) is 4.67. The zero-order chi connectivity index (χ0) is 10.7. The third kappa shape index (κ3) is 2.55. The van der Waals surface area contributed by atoms with E-state index in [1.807, 2.05) is 14.1 Å². The van der Waals surface area contributed by atoms with Crippen LogP contribution in [-0.2, 0) is 0 Å². The first kappa shape index (κ1) is 10.7. The lowest BCUT2D eigenvalue weighted by atomic mass is 10.1. The highest BCUT2D eigenvalue weighted by Crippen LogP contribution is 2.25. The van der Waals surface area contributed by atoms with E-state index in [4.69, 9.17) is 0 Å². The van der Waals surface area contributed by atoms with Crippen molar-refractivity contribution in [2.75, 3.05) is 14.1 Å². The van der Waals surface area contributed by atoms with Crippen molar-refractivity contribution in [1.82, 2.24) is 5.01 Å². The smallest absolute Gasteiger partial charge is 0.0932 e. The van der Waals surface area contributed by atoms with E-state index in [9.17, 15) is 0 Å². The molecule has 76 valence electrons. The Labute approximate surface area is 85.4 Å². The maximum Gasteiger partial charge on any atom is 0.0932 e. The van der Waals surface area contributed by atoms with Gasteiger partial charge in [0.15, 0.2) is 0 Å². The molecule has 3 nitrogen and oxygen atoms in total. The van der Waals surface area contributed by atoms with Gasteiger partial charge in [-0.25, -0.2) is 0 Å². The summed E-state index contributed by atoms with van der Waals surface area (Å²) in [5, 5.41) is 9.89. The molecule has 0 radical (unpaired) electrons. The maximum atomic E-state index is 4.20. The summed E-state index contributed by atoms with van der Waals surface area (Å²) >= 11 is 0. The summed E-state index contributed by atoms with van der Waals surface area (Å²) in [4.78, 5) is 0. The molecule has 3 heteroatoms. The van der Waals surface area contributed by atoms with Crippen molar-refractivity contribution in [2.45, 2.75) is 20.8 Å². The second kappa shape index (κ2) is 4.22. The Balaban J connectivity index is 3.09. The molecule has 1 aromatic carbocycles. The Hall–Kier alpha value is -1.38. The van der Waals surface area contributed by atoms with Crippen LogP contribution in [0.2, 0.25) is 0 Å². The summed E-state index contributed by atoms with van der Waals surface area (Å²) in [6.45, 7) is 6.21. The van der Waals surface area contributed by atoms with E-state index in [1.54, 1.807) is 5.01 Å². The van der Waals surface area contributed by atoms with Gasteiger partial charge >= 0.3 is 0 Å². The predicted molar refractivity (Wildman–Crippen MR) is 58.9 cm³/mol. The molecule has 0 aromatic heterocycles. The van der Waals surface area contributed by atoms with E-state index in [0.29, 0.717) is 0 Å². The fraction of sp³-hybridized carbons (Fsp3) is 0.455. The van der Waals surface area contributed by atoms with Gasteiger partial charge in [0.1, 0.15) is 0 Å². The first-order valence-corrected chi connectivity index (χ1v) is 4.67. The normalized spacial score (nSPS) is 10.9. The van der Waals surface area contributed by atoms with E-state index >= 15 is 0 Å². The van der Waals surface area contributed by atoms with Crippen molar-refractivity contribution in [3.63, 3.8) is 0 Å². The molecule has 0 aliphatic carbocycles. The van der Waals surface area contributed by atoms with Gasteiger partial charge in [0.2, 0.25) is 0 Å². The molecule has 0 N–H and O–H groups in total. The average molecular weight is 191 g/mol. The number of hydrogen-bond donors (Lipinski definition) is 0. The molecule has 0 aliphatic heterocycles. The summed E-state index contributed by atoms with van der Waals surface area (Å²) in [7, 11) is 3.73. The van der Waals surface area contributed by atoms with Crippen LogP contribution in [0.25, 0.3) is 0 Å². The van der Waals surface area contributed by atoms with E-state index in [1.165, 1.54) is 16.7 Å². The van der Waals surface area contributed by atoms with E-state index in [0.717, 1.165) is 5.69 Å². The van der Waals surface area contributed by atoms with Gasteiger partial charge in [-0.15, -0.1) is 5.11 Å². The summed E-state index contributed by atoms with van der Waals surface area (Å²) in [6.07, 6.45) is 0. The maximum absolute atomic E-state index is 4.20. The topological polar surface area (TPSA) is 28.0 Å². The molecule has 0 aliphatic rings. The number of rotatable bonds is 2. The Bertz CT molecular complexity index is 331. The van der Waals surface area contributed by atoms with Gasteiger partial charge in [-0.2, -0.15) is 0 Å². The second-order valence-corrected chi connectivity index (χ2v) is 3.78. The van der Waals surface area contributed by atoms with Crippen LogP contribution in [0.15, 0.2) is 22.5 Å². The van der Waals surface area contributed by atoms with Crippen LogP contribution >= 0.6 is 0 Å². The molecule has 0 unspecified atom stereocenters. The highest BCUT2D eigenvalue weighted by Gasteiger charge is 2.02. The Kier molecular flexibility index (Phi) is 3.23. The largest absolute Gasteiger partial charge is 0.285 e. The fourth-order valence-electron chi connectivity index (χ4n) is 1.46. The molecule has 0 fully saturated rings. The molecular weight excluding hydrogens is 174 g/mol. The summed E-state index contributed by atoms with van der Waals surface area (Å²) in [6, 6.07) is 4.24. The minimum absolute atomic E-state index is 0.976. The molecule has 0 amide bonds. The molecule has 0 atom stereocenters. The Morgan fingerprint density at radius 3 is 1.93 bits per heavy atom. The van der Waals surface area contributed by atoms with Gasteiger partial charge < -0.3 is 0 Å². The zero-order valence-corrected chi connectivity index (χ0v) is 9.50. The van der Waals surface area contributed by atoms with Crippen LogP contribution in [0, 0.1) is 20.8 Å². The van der Waals surface area contributed by atoms with Gasteiger partial charge in [0, 0.05) is 14.1 Å². The molecular formula is C11H17N3. The predicted octanol–water partition coefficient (Wildman–Crippen LogP) is 3.17. The summed E-state index contributed by atoms with van der Waals surface area (Å²) in [5.41, 5.74) is 4.59. The van der Waals surface area contributed by atoms with Crippen LogP contribution in [0.4, 0.5) is 5.69 Å². The van der Waals surface area contributed by atoms with Crippen LogP contribution in [-0.4, -0.2) is 19.1 Å². The number of hydrogen-bond acceptors (Lipinski definition) is 2. The van der Waals surface area contributed by atoms with Crippen molar-refractivity contribution in [3.05, 3.63) is 28.8 Å². The molecule has 1 aromatic rings. The minimum Gasteiger partial charge on any atom is -0.285 e. The SMILES string of the molecule is Cc1cc(C)c(N=NN(C)C)c(C)c1. The van der Waals surface area contributed by atoms with Gasteiger partial charge in [-0.05, 0) is 31.9 Å². The third-order valence-corrected chi connectivity index (χ3v) is 1.96. The van der Waals surface area contributed by atoms with Crippen LogP contribution in [0.1, 0.15) is 16.7 Å². The molecule has 0 bridgehead atoms. The molecule has 0 heterocycles. The van der Waals surface area contributed by atoms with Crippen molar-refractivity contribution in [3.8, 4) is 0 Å². The number of nitrogens with zero attached hydrogens (tertiary/aromatic N) is 3. The number of benzene rings is 1. The quantitative estimate of drug-likeness (QED) is 0.521. The van der Waals surface area contributed by atoms with E-state index in [2.05, 4.69) is 43.2 Å². The van der Waals surface area contributed by atoms with E-state index < -0.39 is 0 Å². The lowest BCUT2D eigenvalue weighted by molar-refractivity contribution is 0.408. The molecule has 0 spiro atoms. The van der Waals surface area contributed by atoms with Gasteiger partial charge in [-0.1, -0.05) is 22.9 Å². The molecule has 0 saturated carbocycles. The van der Waals surface area contributed by atoms with Gasteiger partial charge in [0.25, 0.3) is 0 Å². The zero-order valence-electron chi connectivity index (χ0n) is 9.50. The van der Waals surface area contributed by atoms with Crippen molar-refractivity contribution < 1.29 is 0 Å². The van der Waals surface area contributed by atoms with Gasteiger partial charge in [0.05, 0.1) is 5.69 Å². The Morgan fingerprint density at radius 2 is 1.50 bits per heavy atom. The fourth-order valence-corrected chi connectivity index (χ4v) is 1.46. The van der Waals surface area contributed by atoms with Crippen molar-refractivity contribution >= 4 is 5.69 Å². The summed E-state index contributed by atoms with van der Waals surface area (Å²) < 4.78 is 0. The van der Waals surface area contributed by atoms with Crippen LogP contribution in [0.3, 0.4) is 0 Å². The van der Waals surface area contributed by atoms with Crippen molar-refractivity contribution in [1.29, 1.82) is 0 Å². The second-order valence-electron chi connectivity index (χ2n) is 3.78. The molecule has 14 heavy (non-hydrogen) atoms. The first-order chi connectivity index (χ1) is 6.50. The number of aryl methyl sites for hydroxylation is 3. The molecule has 1 rings (SSSR count). The Morgan fingerprint density at radius 1 is 1.00 bits per heavy atom. The summed E-state index contributed by atoms with van der Waals surface area (Å²) in [5.74, 6) is 0. The van der Waals surface area contributed by atoms with Crippen molar-refractivity contribution in [2.24, 2.45) is 10.3 Å². The lowest BCUT2D eigenvalue weighted by Gasteiger charge is -2.06. The highest BCUT2D eigenvalue weighted by molar-refractivity contribution is 5.53. The highest BCUT2D eigenvalue weighted by atomic mass is 15.5. The van der Waals surface area contributed by atoms with E-state index in [-0.39, 0.29) is 0 Å². The minimum atomic E-state index is 0.976. The standard InChI is InChI=1S/C11H17N3/c1-8-6-9(2)11(10(3)7-8)12-13-14(4)5/h6-7H,1-5H3. The monoisotopic (exact) mass is 191 g/mol. The average Bonchev–Trinajstić information content (AvgIpc) is 2.01. The third-order valence-electron chi connectivity index (χ3n) is 1.96. The lowest BCUT2D eigenvalue weighted by Crippen LogP contribution is -1.99. The van der Waals surface area contributed by atoms with Crippen LogP contribution in [0.5, 0.6) is 0 Å².